The minimum Gasteiger partial charge on any atom is -0.481 e. The third-order valence-electron chi connectivity index (χ3n) is 8.34. The Morgan fingerprint density at radius 3 is 1.88 bits per heavy atom. The summed E-state index contributed by atoms with van der Waals surface area (Å²) < 4.78 is 0. The second-order valence-corrected chi connectivity index (χ2v) is 11.4. The van der Waals surface area contributed by atoms with Gasteiger partial charge in [-0.1, -0.05) is 0 Å². The lowest BCUT2D eigenvalue weighted by Crippen LogP contribution is -2.14. The molecule has 8 bridgehead atoms. The maximum Gasteiger partial charge on any atom is 0.303 e. The number of hydrogen-bond donors (Lipinski definition) is 8. The molecule has 0 aromatic carbocycles. The number of nitrogens with one attached hydrogen (secondary N) is 4. The second-order valence-electron chi connectivity index (χ2n) is 11.4. The molecule has 4 aromatic rings. The Hall–Kier alpha value is -4.54. The van der Waals surface area contributed by atoms with Gasteiger partial charge in [-0.3, -0.25) is 9.59 Å². The maximum absolute atomic E-state index is 11.5. The van der Waals surface area contributed by atoms with Crippen LogP contribution in [0.2, 0.25) is 0 Å². The highest BCUT2D eigenvalue weighted by Crippen LogP contribution is 2.26. The van der Waals surface area contributed by atoms with Gasteiger partial charge >= 0.3 is 11.9 Å². The molecule has 0 saturated carbocycles. The van der Waals surface area contributed by atoms with E-state index in [0.29, 0.717) is 23.9 Å². The Balaban J connectivity index is 1.90. The zero-order valence-corrected chi connectivity index (χ0v) is 25.0. The first-order chi connectivity index (χ1) is 20.3. The van der Waals surface area contributed by atoms with E-state index in [9.17, 15) is 30.0 Å². The molecule has 0 unspecified atom stereocenters. The average molecular weight is 587 g/mol. The van der Waals surface area contributed by atoms with Gasteiger partial charge in [0.15, 0.2) is 0 Å². The van der Waals surface area contributed by atoms with Crippen molar-refractivity contribution in [1.82, 2.24) is 19.9 Å². The van der Waals surface area contributed by atoms with Crippen molar-refractivity contribution >= 4 is 36.2 Å². The summed E-state index contributed by atoms with van der Waals surface area (Å²) in [4.78, 5) is 36.8. The van der Waals surface area contributed by atoms with E-state index in [1.165, 1.54) is 0 Å². The third-order valence-corrected chi connectivity index (χ3v) is 8.34. The van der Waals surface area contributed by atoms with Crippen LogP contribution >= 0.6 is 0 Å². The van der Waals surface area contributed by atoms with E-state index in [1.807, 2.05) is 51.1 Å². The fourth-order valence-corrected chi connectivity index (χ4v) is 6.18. The fraction of sp³-hybridized carbons (Fsp3) is 0.333. The van der Waals surface area contributed by atoms with Crippen LogP contribution < -0.4 is 21.4 Å². The molecule has 0 radical (unpaired) electrons. The van der Waals surface area contributed by atoms with Gasteiger partial charge in [-0.05, 0) is 106 Å². The van der Waals surface area contributed by atoms with Gasteiger partial charge in [-0.15, -0.1) is 0 Å². The normalized spacial score (nSPS) is 13.8. The number of aromatic nitrogens is 4. The Morgan fingerprint density at radius 2 is 1.23 bits per heavy atom. The maximum atomic E-state index is 11.5. The van der Waals surface area contributed by atoms with Gasteiger partial charge in [0.1, 0.15) is 0 Å². The van der Waals surface area contributed by atoms with Gasteiger partial charge in [0.2, 0.25) is 0 Å². The summed E-state index contributed by atoms with van der Waals surface area (Å²) in [5.41, 5.74) is 8.78. The first kappa shape index (κ1) is 29.9. The first-order valence-electron chi connectivity index (χ1n) is 14.4. The molecule has 0 aliphatic carbocycles. The minimum atomic E-state index is -0.903. The van der Waals surface area contributed by atoms with Crippen molar-refractivity contribution in [2.75, 3.05) is 0 Å². The van der Waals surface area contributed by atoms with Crippen molar-refractivity contribution in [2.24, 2.45) is 0 Å². The van der Waals surface area contributed by atoms with Crippen molar-refractivity contribution in [2.45, 2.75) is 72.5 Å². The first-order valence-corrected chi connectivity index (χ1v) is 14.4. The van der Waals surface area contributed by atoms with Gasteiger partial charge in [-0.25, -0.2) is 0 Å². The molecular weight excluding hydrogens is 548 g/mol. The van der Waals surface area contributed by atoms with Crippen LogP contribution in [-0.2, 0) is 22.4 Å². The van der Waals surface area contributed by atoms with Crippen molar-refractivity contribution in [3.05, 3.63) is 89.2 Å². The summed E-state index contributed by atoms with van der Waals surface area (Å²) in [5, 5.41) is 43.3. The quantitative estimate of drug-likeness (QED) is 0.137. The lowest BCUT2D eigenvalue weighted by molar-refractivity contribution is -0.138. The summed E-state index contributed by atoms with van der Waals surface area (Å²) in [6.45, 7) is 9.27. The average Bonchev–Trinajstić information content (AvgIpc) is 3.61. The van der Waals surface area contributed by atoms with Crippen molar-refractivity contribution < 1.29 is 30.0 Å². The van der Waals surface area contributed by atoms with Crippen LogP contribution in [0, 0.1) is 20.8 Å². The predicted molar refractivity (Wildman–Crippen MR) is 163 cm³/mol. The SMILES string of the molecule is Cc1c2[nH]c(c1[C@@H](C)O)C=c1[nH]c(c([C@H](C)O)c1C)=Cc1cc(CCC(=O)O)c([nH]1)C=c1[nH]c(c(C)c1CCC(=O)O)=C2. The molecular formula is C33H38N4O6. The Labute approximate surface area is 247 Å². The van der Waals surface area contributed by atoms with Gasteiger partial charge < -0.3 is 40.4 Å². The number of aliphatic hydroxyl groups is 2. The molecule has 43 heavy (non-hydrogen) atoms. The molecule has 10 heteroatoms. The van der Waals surface area contributed by atoms with Crippen LogP contribution in [0.1, 0.15) is 101 Å². The van der Waals surface area contributed by atoms with E-state index >= 15 is 0 Å². The number of aryl methyl sites for hydroxylation is 1. The topological polar surface area (TPSA) is 178 Å². The van der Waals surface area contributed by atoms with Crippen molar-refractivity contribution in [3.63, 3.8) is 0 Å². The zero-order valence-electron chi connectivity index (χ0n) is 25.0. The number of fused-ring (bicyclic) bond motifs is 8. The van der Waals surface area contributed by atoms with E-state index in [0.717, 1.165) is 72.1 Å². The summed E-state index contributed by atoms with van der Waals surface area (Å²) in [6.07, 6.45) is 6.72. The summed E-state index contributed by atoms with van der Waals surface area (Å²) in [7, 11) is 0. The molecule has 8 N–H and O–H groups in total. The molecule has 5 rings (SSSR count). The van der Waals surface area contributed by atoms with Crippen LogP contribution in [-0.4, -0.2) is 52.3 Å². The number of carbonyl (C=O) groups is 2. The largest absolute Gasteiger partial charge is 0.481 e. The molecule has 10 nitrogen and oxygen atoms in total. The molecule has 2 atom stereocenters. The number of carboxylic acid groups (broad SMARTS) is 2. The van der Waals surface area contributed by atoms with Gasteiger partial charge in [0.25, 0.3) is 0 Å². The summed E-state index contributed by atoms with van der Waals surface area (Å²) in [5.74, 6) is -1.80. The lowest BCUT2D eigenvalue weighted by Gasteiger charge is -2.05. The van der Waals surface area contributed by atoms with E-state index in [2.05, 4.69) is 19.9 Å². The smallest absolute Gasteiger partial charge is 0.303 e. The van der Waals surface area contributed by atoms with Gasteiger partial charge in [-0.2, -0.15) is 0 Å². The summed E-state index contributed by atoms with van der Waals surface area (Å²) >= 11 is 0. The number of aliphatic carboxylic acids is 2. The Morgan fingerprint density at radius 1 is 0.651 bits per heavy atom. The van der Waals surface area contributed by atoms with E-state index < -0.39 is 24.1 Å². The van der Waals surface area contributed by atoms with Crippen LogP contribution in [0.5, 0.6) is 0 Å². The summed E-state index contributed by atoms with van der Waals surface area (Å²) in [6, 6.07) is 1.91. The van der Waals surface area contributed by atoms with Crippen molar-refractivity contribution in [3.8, 4) is 0 Å². The second kappa shape index (κ2) is 11.6. The molecule has 0 spiro atoms. The fourth-order valence-electron chi connectivity index (χ4n) is 6.18. The number of aromatic amines is 4. The van der Waals surface area contributed by atoms with Gasteiger partial charge in [0, 0.05) is 68.1 Å². The number of aliphatic hydroxyl groups excluding tert-OH is 2. The highest BCUT2D eigenvalue weighted by Gasteiger charge is 2.19. The zero-order chi connectivity index (χ0) is 31.2. The van der Waals surface area contributed by atoms with Crippen molar-refractivity contribution in [1.29, 1.82) is 0 Å². The number of carboxylic acids is 2. The monoisotopic (exact) mass is 586 g/mol. The van der Waals surface area contributed by atoms with Crippen LogP contribution in [0.3, 0.4) is 0 Å². The van der Waals surface area contributed by atoms with Crippen LogP contribution in [0.15, 0.2) is 6.07 Å². The third kappa shape index (κ3) is 5.89. The molecule has 5 heterocycles. The van der Waals surface area contributed by atoms with E-state index in [-0.39, 0.29) is 12.8 Å². The van der Waals surface area contributed by atoms with E-state index in [1.54, 1.807) is 13.8 Å². The molecule has 226 valence electrons. The minimum absolute atomic E-state index is 0.0438. The van der Waals surface area contributed by atoms with Gasteiger partial charge in [0.05, 0.1) is 12.2 Å². The Kier molecular flexibility index (Phi) is 8.09. The number of H-pyrrole nitrogens is 4. The standard InChI is InChI=1S/C33H38N4O6/c1-15-22(7-9-31(42)43)27-14-26-20(6-8-30(40)41)10-21(34-26)11-28-32(18(4)38)17(3)25(36-28)13-29-33(19(5)39)16(2)24(37-29)12-23(15)35-27/h10-14,18-19,34-39H,6-9H2,1-5H3,(H,40,41)(H,42,43)/t18-,19+/m0/s1. The van der Waals surface area contributed by atoms with Crippen LogP contribution in [0.4, 0.5) is 0 Å². The lowest BCUT2D eigenvalue weighted by atomic mass is 10.0. The molecule has 1 aliphatic rings. The highest BCUT2D eigenvalue weighted by atomic mass is 16.4. The molecule has 1 aliphatic heterocycles. The van der Waals surface area contributed by atoms with Crippen LogP contribution in [0.25, 0.3) is 24.3 Å². The molecule has 0 fully saturated rings. The molecule has 0 saturated heterocycles. The molecule has 0 amide bonds. The number of hydrogen-bond acceptors (Lipinski definition) is 4. The van der Waals surface area contributed by atoms with E-state index in [4.69, 9.17) is 0 Å². The number of rotatable bonds is 8. The molecule has 4 aromatic heterocycles. The highest BCUT2D eigenvalue weighted by molar-refractivity contribution is 5.69. The Bertz CT molecular complexity index is 1980. The predicted octanol–water partition coefficient (Wildman–Crippen LogP) is 1.69.